The summed E-state index contributed by atoms with van der Waals surface area (Å²) in [5, 5.41) is 5.45. The van der Waals surface area contributed by atoms with Crippen LogP contribution < -0.4 is 4.74 Å². The van der Waals surface area contributed by atoms with Gasteiger partial charge in [-0.3, -0.25) is 5.10 Å². The Bertz CT molecular complexity index is 609. The van der Waals surface area contributed by atoms with Crippen molar-refractivity contribution in [2.24, 2.45) is 0 Å². The van der Waals surface area contributed by atoms with E-state index in [1.54, 1.807) is 0 Å². The maximum Gasteiger partial charge on any atom is 0.433 e. The number of benzene rings is 1. The standard InChI is InChI=1S/C11H7BrF4N2O/c1-19-7-3-2-5(13)4-6(7)9-8(12)10(18-17-9)11(14,15)16/h2-4H,1H3,(H,17,18). The van der Waals surface area contributed by atoms with Crippen LogP contribution in [-0.4, -0.2) is 17.3 Å². The van der Waals surface area contributed by atoms with E-state index in [1.807, 2.05) is 5.10 Å². The summed E-state index contributed by atoms with van der Waals surface area (Å²) < 4.78 is 55.8. The van der Waals surface area contributed by atoms with Gasteiger partial charge < -0.3 is 4.74 Å². The lowest BCUT2D eigenvalue weighted by molar-refractivity contribution is -0.141. The second-order valence-corrected chi connectivity index (χ2v) is 4.40. The molecule has 0 radical (unpaired) electrons. The molecule has 3 nitrogen and oxygen atoms in total. The van der Waals surface area contributed by atoms with Gasteiger partial charge in [0.25, 0.3) is 0 Å². The molecule has 0 atom stereocenters. The lowest BCUT2D eigenvalue weighted by Gasteiger charge is -2.07. The summed E-state index contributed by atoms with van der Waals surface area (Å²) in [6.07, 6.45) is -4.58. The van der Waals surface area contributed by atoms with E-state index in [4.69, 9.17) is 4.74 Å². The van der Waals surface area contributed by atoms with Crippen molar-refractivity contribution < 1.29 is 22.3 Å². The van der Waals surface area contributed by atoms with Crippen LogP contribution in [0.2, 0.25) is 0 Å². The van der Waals surface area contributed by atoms with E-state index >= 15 is 0 Å². The number of nitrogens with one attached hydrogen (secondary N) is 1. The van der Waals surface area contributed by atoms with Gasteiger partial charge in [0.1, 0.15) is 17.3 Å². The Morgan fingerprint density at radius 2 is 2.00 bits per heavy atom. The number of ether oxygens (including phenoxy) is 1. The molecule has 0 saturated carbocycles. The van der Waals surface area contributed by atoms with Gasteiger partial charge in [-0.05, 0) is 34.1 Å². The number of alkyl halides is 3. The molecule has 0 aliphatic rings. The van der Waals surface area contributed by atoms with E-state index in [2.05, 4.69) is 21.0 Å². The number of hydrogen-bond acceptors (Lipinski definition) is 2. The predicted molar refractivity (Wildman–Crippen MR) is 63.2 cm³/mol. The molecule has 1 N–H and O–H groups in total. The Morgan fingerprint density at radius 3 is 2.53 bits per heavy atom. The van der Waals surface area contributed by atoms with Gasteiger partial charge in [0.15, 0.2) is 5.69 Å². The van der Waals surface area contributed by atoms with Gasteiger partial charge in [0.2, 0.25) is 0 Å². The zero-order chi connectivity index (χ0) is 14.2. The van der Waals surface area contributed by atoms with Crippen LogP contribution in [0.15, 0.2) is 22.7 Å². The molecule has 0 unspecified atom stereocenters. The van der Waals surface area contributed by atoms with Crippen LogP contribution in [0, 0.1) is 5.82 Å². The summed E-state index contributed by atoms with van der Waals surface area (Å²) in [5.41, 5.74) is -0.974. The first kappa shape index (κ1) is 13.9. The highest BCUT2D eigenvalue weighted by Crippen LogP contribution is 2.40. The van der Waals surface area contributed by atoms with Gasteiger partial charge in [0, 0.05) is 5.56 Å². The van der Waals surface area contributed by atoms with Gasteiger partial charge >= 0.3 is 6.18 Å². The van der Waals surface area contributed by atoms with E-state index in [0.29, 0.717) is 0 Å². The van der Waals surface area contributed by atoms with Crippen molar-refractivity contribution in [3.63, 3.8) is 0 Å². The minimum Gasteiger partial charge on any atom is -0.496 e. The summed E-state index contributed by atoms with van der Waals surface area (Å²) in [5.74, 6) is -0.374. The third kappa shape index (κ3) is 2.58. The van der Waals surface area contributed by atoms with Crippen molar-refractivity contribution in [2.45, 2.75) is 6.18 Å². The molecule has 1 heterocycles. The molecular formula is C11H7BrF4N2O. The number of aromatic amines is 1. The fraction of sp³-hybridized carbons (Fsp3) is 0.182. The lowest BCUT2D eigenvalue weighted by Crippen LogP contribution is -2.06. The van der Waals surface area contributed by atoms with Crippen LogP contribution in [0.3, 0.4) is 0 Å². The van der Waals surface area contributed by atoms with Gasteiger partial charge in [-0.1, -0.05) is 0 Å². The molecule has 1 aromatic heterocycles. The molecule has 2 aromatic rings. The van der Waals surface area contributed by atoms with E-state index < -0.39 is 17.7 Å². The number of halogens is 5. The van der Waals surface area contributed by atoms with Crippen molar-refractivity contribution >= 4 is 15.9 Å². The van der Waals surface area contributed by atoms with Crippen molar-refractivity contribution in [1.29, 1.82) is 0 Å². The van der Waals surface area contributed by atoms with Gasteiger partial charge in [0.05, 0.1) is 11.6 Å². The summed E-state index contributed by atoms with van der Waals surface area (Å²) in [4.78, 5) is 0. The molecule has 0 amide bonds. The molecule has 102 valence electrons. The summed E-state index contributed by atoms with van der Waals surface area (Å²) >= 11 is 2.82. The third-order valence-electron chi connectivity index (χ3n) is 2.41. The molecule has 19 heavy (non-hydrogen) atoms. The number of rotatable bonds is 2. The van der Waals surface area contributed by atoms with Crippen molar-refractivity contribution in [2.75, 3.05) is 7.11 Å². The third-order valence-corrected chi connectivity index (χ3v) is 3.18. The SMILES string of the molecule is COc1ccc(F)cc1-c1n[nH]c(C(F)(F)F)c1Br. The Kier molecular flexibility index (Phi) is 3.53. The zero-order valence-electron chi connectivity index (χ0n) is 9.48. The van der Waals surface area contributed by atoms with E-state index in [-0.39, 0.29) is 21.5 Å². The van der Waals surface area contributed by atoms with E-state index in [9.17, 15) is 17.6 Å². The highest BCUT2D eigenvalue weighted by molar-refractivity contribution is 9.10. The molecular weight excluding hydrogens is 332 g/mol. The maximum absolute atomic E-state index is 13.2. The molecule has 1 aromatic carbocycles. The second kappa shape index (κ2) is 4.84. The molecule has 0 spiro atoms. The summed E-state index contributed by atoms with van der Waals surface area (Å²) in [7, 11) is 1.34. The molecule has 0 fully saturated rings. The summed E-state index contributed by atoms with van der Waals surface area (Å²) in [6, 6.07) is 3.52. The van der Waals surface area contributed by atoms with Crippen molar-refractivity contribution in [3.8, 4) is 17.0 Å². The zero-order valence-corrected chi connectivity index (χ0v) is 11.1. The van der Waals surface area contributed by atoms with Crippen molar-refractivity contribution in [3.05, 3.63) is 34.2 Å². The Morgan fingerprint density at radius 1 is 1.32 bits per heavy atom. The molecule has 0 saturated heterocycles. The Hall–Kier alpha value is -1.57. The first-order chi connectivity index (χ1) is 8.84. The molecule has 0 bridgehead atoms. The highest BCUT2D eigenvalue weighted by atomic mass is 79.9. The normalized spacial score (nSPS) is 11.7. The number of nitrogens with zero attached hydrogens (tertiary/aromatic N) is 1. The van der Waals surface area contributed by atoms with Crippen LogP contribution in [-0.2, 0) is 6.18 Å². The fourth-order valence-electron chi connectivity index (χ4n) is 1.56. The average Bonchev–Trinajstić information content (AvgIpc) is 2.70. The number of hydrogen-bond donors (Lipinski definition) is 1. The number of H-pyrrole nitrogens is 1. The van der Waals surface area contributed by atoms with E-state index in [0.717, 1.165) is 12.1 Å². The van der Waals surface area contributed by atoms with Crippen LogP contribution in [0.25, 0.3) is 11.3 Å². The van der Waals surface area contributed by atoms with Crippen molar-refractivity contribution in [1.82, 2.24) is 10.2 Å². The van der Waals surface area contributed by atoms with Crippen LogP contribution in [0.5, 0.6) is 5.75 Å². The first-order valence-electron chi connectivity index (χ1n) is 4.99. The summed E-state index contributed by atoms with van der Waals surface area (Å²) in [6.45, 7) is 0. The van der Waals surface area contributed by atoms with Gasteiger partial charge in [-0.15, -0.1) is 0 Å². The molecule has 2 rings (SSSR count). The largest absolute Gasteiger partial charge is 0.496 e. The first-order valence-corrected chi connectivity index (χ1v) is 5.79. The lowest BCUT2D eigenvalue weighted by atomic mass is 10.1. The highest BCUT2D eigenvalue weighted by Gasteiger charge is 2.37. The minimum atomic E-state index is -4.58. The van der Waals surface area contributed by atoms with Crippen LogP contribution >= 0.6 is 15.9 Å². The maximum atomic E-state index is 13.2. The monoisotopic (exact) mass is 338 g/mol. The smallest absolute Gasteiger partial charge is 0.433 e. The number of aromatic nitrogens is 2. The van der Waals surface area contributed by atoms with Gasteiger partial charge in [-0.2, -0.15) is 18.3 Å². The molecule has 0 aliphatic carbocycles. The second-order valence-electron chi connectivity index (χ2n) is 3.60. The topological polar surface area (TPSA) is 37.9 Å². The molecule has 0 aliphatic heterocycles. The molecule has 8 heteroatoms. The Labute approximate surface area is 113 Å². The van der Waals surface area contributed by atoms with Crippen LogP contribution in [0.1, 0.15) is 5.69 Å². The average molecular weight is 339 g/mol. The quantitative estimate of drug-likeness (QED) is 0.840. The van der Waals surface area contributed by atoms with Crippen LogP contribution in [0.4, 0.5) is 17.6 Å². The minimum absolute atomic E-state index is 0.0660. The van der Waals surface area contributed by atoms with Gasteiger partial charge in [-0.25, -0.2) is 4.39 Å². The number of methoxy groups -OCH3 is 1. The van der Waals surface area contributed by atoms with E-state index in [1.165, 1.54) is 13.2 Å². The fourth-order valence-corrected chi connectivity index (χ4v) is 2.18. The Balaban J connectivity index is 2.60. The predicted octanol–water partition coefficient (Wildman–Crippen LogP) is 4.01.